The number of carbonyl (C=O) groups excluding carboxylic acids is 1. The van der Waals surface area contributed by atoms with E-state index in [1.54, 1.807) is 6.20 Å². The number of anilines is 1. The molecule has 8 heteroatoms. The van der Waals surface area contributed by atoms with Gasteiger partial charge >= 0.3 is 0 Å². The highest BCUT2D eigenvalue weighted by Crippen LogP contribution is 2.31. The van der Waals surface area contributed by atoms with Crippen molar-refractivity contribution in [1.82, 2.24) is 29.7 Å². The topological polar surface area (TPSA) is 102 Å². The molecule has 0 spiro atoms. The largest absolute Gasteiger partial charge is 0.383 e. The molecule has 8 nitrogen and oxygen atoms in total. The predicted octanol–water partition coefficient (Wildman–Crippen LogP) is 7.75. The Morgan fingerprint density at radius 2 is 1.80 bits per heavy atom. The van der Waals surface area contributed by atoms with E-state index in [1.165, 1.54) is 11.6 Å². The third kappa shape index (κ3) is 8.76. The van der Waals surface area contributed by atoms with E-state index in [4.69, 9.17) is 15.7 Å². The Bertz CT molecular complexity index is 1600. The monoisotopic (exact) mass is 607 g/mol. The van der Waals surface area contributed by atoms with Crippen molar-refractivity contribution in [2.24, 2.45) is 0 Å². The molecule has 0 bridgehead atoms. The van der Waals surface area contributed by atoms with E-state index in [1.807, 2.05) is 71.9 Å². The van der Waals surface area contributed by atoms with E-state index in [2.05, 4.69) is 62.8 Å². The summed E-state index contributed by atoms with van der Waals surface area (Å²) in [6.45, 7) is 18.2. The fourth-order valence-corrected chi connectivity index (χ4v) is 5.41. The van der Waals surface area contributed by atoms with Crippen LogP contribution >= 0.6 is 0 Å². The molecule has 4 heterocycles. The molecule has 3 N–H and O–H groups in total. The van der Waals surface area contributed by atoms with Gasteiger partial charge in [-0.05, 0) is 86.8 Å². The molecule has 5 rings (SSSR count). The number of aromatic nitrogens is 4. The van der Waals surface area contributed by atoms with Crippen molar-refractivity contribution >= 4 is 28.5 Å². The highest BCUT2D eigenvalue weighted by atomic mass is 16.1. The highest BCUT2D eigenvalue weighted by Gasteiger charge is 2.21. The lowest BCUT2D eigenvalue weighted by Gasteiger charge is -2.25. The number of likely N-dealkylation sites (tertiary alicyclic amines) is 1. The fourth-order valence-electron chi connectivity index (χ4n) is 5.41. The summed E-state index contributed by atoms with van der Waals surface area (Å²) in [6, 6.07) is 16.5. The van der Waals surface area contributed by atoms with Crippen LogP contribution in [0.4, 0.5) is 5.82 Å². The van der Waals surface area contributed by atoms with Gasteiger partial charge in [-0.3, -0.25) is 14.3 Å². The number of benzene rings is 1. The Hall–Kier alpha value is -4.56. The zero-order chi connectivity index (χ0) is 32.8. The number of hydrogen-bond acceptors (Lipinski definition) is 6. The van der Waals surface area contributed by atoms with E-state index >= 15 is 0 Å². The van der Waals surface area contributed by atoms with Gasteiger partial charge < -0.3 is 11.1 Å². The number of hydrogen-bond donors (Lipinski definition) is 2. The summed E-state index contributed by atoms with van der Waals surface area (Å²) in [5.74, 6) is 1.01. The number of allylic oxidation sites excluding steroid dienone is 4. The van der Waals surface area contributed by atoms with Gasteiger partial charge in [0.1, 0.15) is 11.3 Å². The number of fused-ring (bicyclic) bond motifs is 1. The summed E-state index contributed by atoms with van der Waals surface area (Å²) in [6.07, 6.45) is 12.4. The van der Waals surface area contributed by atoms with Gasteiger partial charge in [-0.15, -0.1) is 0 Å². The molecule has 0 aliphatic carbocycles. The molecule has 1 unspecified atom stereocenters. The molecule has 1 amide bonds. The lowest BCUT2D eigenvalue weighted by Crippen LogP contribution is -2.41. The molecule has 0 saturated carbocycles. The van der Waals surface area contributed by atoms with Crippen LogP contribution in [0.25, 0.3) is 33.8 Å². The van der Waals surface area contributed by atoms with Gasteiger partial charge in [0, 0.05) is 31.0 Å². The number of imidazole rings is 1. The number of nitrogens with one attached hydrogen (secondary N) is 1. The average Bonchev–Trinajstić information content (AvgIpc) is 3.31. The number of nitrogens with zero attached hydrogens (tertiary/aromatic N) is 5. The Balaban J connectivity index is 0.00000133. The first-order valence-corrected chi connectivity index (χ1v) is 16.1. The van der Waals surface area contributed by atoms with Crippen LogP contribution in [0.1, 0.15) is 72.1 Å². The van der Waals surface area contributed by atoms with Crippen LogP contribution in [0.15, 0.2) is 85.6 Å². The number of amides is 1. The van der Waals surface area contributed by atoms with Crippen molar-refractivity contribution in [2.75, 3.05) is 18.8 Å². The molecule has 0 radical (unpaired) electrons. The molecule has 4 aromatic rings. The summed E-state index contributed by atoms with van der Waals surface area (Å²) in [7, 11) is 0. The third-order valence-corrected chi connectivity index (χ3v) is 7.42. The van der Waals surface area contributed by atoms with Crippen molar-refractivity contribution in [3.05, 3.63) is 96.9 Å². The van der Waals surface area contributed by atoms with E-state index in [-0.39, 0.29) is 11.9 Å². The maximum absolute atomic E-state index is 11.9. The van der Waals surface area contributed by atoms with Gasteiger partial charge in [-0.1, -0.05) is 71.1 Å². The molecular weight excluding hydrogens is 558 g/mol. The van der Waals surface area contributed by atoms with E-state index in [0.29, 0.717) is 11.6 Å². The maximum Gasteiger partial charge on any atom is 0.243 e. The van der Waals surface area contributed by atoms with Crippen LogP contribution < -0.4 is 11.1 Å². The minimum Gasteiger partial charge on any atom is -0.383 e. The lowest BCUT2D eigenvalue weighted by atomic mass is 10.1. The fraction of sp³-hybridized carbons (Fsp3) is 0.351. The minimum absolute atomic E-state index is 0.108. The second-order valence-corrected chi connectivity index (χ2v) is 10.3. The molecule has 1 aromatic carbocycles. The Kier molecular flexibility index (Phi) is 13.7. The van der Waals surface area contributed by atoms with E-state index < -0.39 is 0 Å². The highest BCUT2D eigenvalue weighted by molar-refractivity contribution is 5.87. The molecule has 1 atom stereocenters. The summed E-state index contributed by atoms with van der Waals surface area (Å²) in [5.41, 5.74) is 12.7. The SMILES string of the molecule is C=CC(=O)NC1CCCCN(Cc2ccc(-n3c(-c4cccnc4N)nc4ccc(C(/C=C\C)=C/C)nc43)cc2)C1.CC.CC. The van der Waals surface area contributed by atoms with Crippen LogP contribution in [0, 0.1) is 0 Å². The van der Waals surface area contributed by atoms with Crippen LogP contribution in [0.5, 0.6) is 0 Å². The second kappa shape index (κ2) is 17.7. The predicted molar refractivity (Wildman–Crippen MR) is 189 cm³/mol. The van der Waals surface area contributed by atoms with Crippen molar-refractivity contribution in [3.8, 4) is 17.1 Å². The molecule has 1 aliphatic heterocycles. The van der Waals surface area contributed by atoms with Crippen LogP contribution in [-0.4, -0.2) is 49.5 Å². The quantitative estimate of drug-likeness (QED) is 0.157. The Labute approximate surface area is 268 Å². The molecule has 1 aliphatic rings. The molecular formula is C37H49N7O. The first-order chi connectivity index (χ1) is 22.0. The Morgan fingerprint density at radius 1 is 1.04 bits per heavy atom. The van der Waals surface area contributed by atoms with Crippen LogP contribution in [0.2, 0.25) is 0 Å². The van der Waals surface area contributed by atoms with Gasteiger partial charge in [0.25, 0.3) is 0 Å². The number of nitrogens with two attached hydrogens (primary N) is 1. The summed E-state index contributed by atoms with van der Waals surface area (Å²) in [5, 5.41) is 3.08. The normalized spacial score (nSPS) is 15.4. The van der Waals surface area contributed by atoms with E-state index in [9.17, 15) is 4.79 Å². The van der Waals surface area contributed by atoms with Gasteiger partial charge in [0.2, 0.25) is 5.91 Å². The number of nitrogen functional groups attached to an aromatic ring is 1. The number of carbonyl (C=O) groups is 1. The maximum atomic E-state index is 11.9. The first kappa shape index (κ1) is 34.9. The minimum atomic E-state index is -0.108. The lowest BCUT2D eigenvalue weighted by molar-refractivity contribution is -0.117. The summed E-state index contributed by atoms with van der Waals surface area (Å²) in [4.78, 5) is 28.6. The van der Waals surface area contributed by atoms with Crippen molar-refractivity contribution in [1.29, 1.82) is 0 Å². The zero-order valence-corrected chi connectivity index (χ0v) is 27.8. The van der Waals surface area contributed by atoms with Crippen molar-refractivity contribution in [2.45, 2.75) is 73.4 Å². The molecule has 45 heavy (non-hydrogen) atoms. The van der Waals surface area contributed by atoms with Gasteiger partial charge in [-0.2, -0.15) is 0 Å². The standard InChI is InChI=1S/C33H37N7O.2C2H6/c1-4-10-24(5-2)28-17-18-29-33(37-28)40(32(38-29)27-12-9-19-35-31(27)34)26-15-13-23(14-16-26)21-39-20-8-7-11-25(22-39)36-30(41)6-3;2*1-2/h4-6,9-10,12-19,25H,3,7-8,11,20-22H2,1-2H3,(H2,34,35)(H,36,41);2*1-2H3/b10-4-,24-5+;;. The number of rotatable bonds is 8. The summed E-state index contributed by atoms with van der Waals surface area (Å²) >= 11 is 0. The molecule has 1 fully saturated rings. The van der Waals surface area contributed by atoms with E-state index in [0.717, 1.165) is 72.6 Å². The Morgan fingerprint density at radius 3 is 2.47 bits per heavy atom. The average molecular weight is 608 g/mol. The third-order valence-electron chi connectivity index (χ3n) is 7.42. The summed E-state index contributed by atoms with van der Waals surface area (Å²) < 4.78 is 2.06. The first-order valence-electron chi connectivity index (χ1n) is 16.1. The second-order valence-electron chi connectivity index (χ2n) is 10.3. The smallest absolute Gasteiger partial charge is 0.243 e. The van der Waals surface area contributed by atoms with Crippen LogP contribution in [0.3, 0.4) is 0 Å². The van der Waals surface area contributed by atoms with Crippen LogP contribution in [-0.2, 0) is 11.3 Å². The molecule has 1 saturated heterocycles. The van der Waals surface area contributed by atoms with Gasteiger partial charge in [0.15, 0.2) is 11.5 Å². The van der Waals surface area contributed by atoms with Crippen molar-refractivity contribution < 1.29 is 4.79 Å². The molecule has 3 aromatic heterocycles. The molecule has 238 valence electrons. The van der Waals surface area contributed by atoms with Crippen molar-refractivity contribution in [3.63, 3.8) is 0 Å². The van der Waals surface area contributed by atoms with Gasteiger partial charge in [0.05, 0.1) is 11.3 Å². The number of pyridine rings is 2. The zero-order valence-electron chi connectivity index (χ0n) is 27.8. The van der Waals surface area contributed by atoms with Gasteiger partial charge in [-0.25, -0.2) is 15.0 Å².